The van der Waals surface area contributed by atoms with E-state index in [1.54, 1.807) is 0 Å². The molecule has 0 aliphatic rings. The van der Waals surface area contributed by atoms with Crippen molar-refractivity contribution in [1.82, 2.24) is 5.32 Å². The molecule has 3 heteroatoms. The fourth-order valence-electron chi connectivity index (χ4n) is 2.15. The quantitative estimate of drug-likeness (QED) is 0.697. The van der Waals surface area contributed by atoms with Crippen molar-refractivity contribution in [2.45, 2.75) is 24.0 Å². The molecule has 0 heterocycles. The molecular weight excluding hydrogens is 276 g/mol. The molecule has 0 aromatic heterocycles. The zero-order chi connectivity index (χ0) is 14.8. The van der Waals surface area contributed by atoms with E-state index in [2.05, 4.69) is 59.9 Å². The Labute approximate surface area is 132 Å². The van der Waals surface area contributed by atoms with Crippen molar-refractivity contribution in [3.63, 3.8) is 0 Å². The topological polar surface area (TPSA) is 38.0 Å². The van der Waals surface area contributed by atoms with Gasteiger partial charge in [0.1, 0.15) is 0 Å². The minimum Gasteiger partial charge on any atom is -0.329 e. The summed E-state index contributed by atoms with van der Waals surface area (Å²) in [5.74, 6) is 1.04. The molecule has 0 saturated heterocycles. The molecule has 0 amide bonds. The van der Waals surface area contributed by atoms with Crippen LogP contribution in [0.15, 0.2) is 60.7 Å². The lowest BCUT2D eigenvalue weighted by atomic mass is 10.2. The van der Waals surface area contributed by atoms with Gasteiger partial charge in [0, 0.05) is 24.1 Å². The predicted octanol–water partition coefficient (Wildman–Crippen LogP) is 3.43. The van der Waals surface area contributed by atoms with Crippen molar-refractivity contribution in [2.75, 3.05) is 13.1 Å². The molecule has 3 N–H and O–H groups in total. The third-order valence-electron chi connectivity index (χ3n) is 3.41. The van der Waals surface area contributed by atoms with Crippen LogP contribution in [0.25, 0.3) is 0 Å². The molecule has 112 valence electrons. The van der Waals surface area contributed by atoms with E-state index in [1.807, 2.05) is 17.8 Å². The number of benzene rings is 2. The van der Waals surface area contributed by atoms with E-state index in [9.17, 15) is 0 Å². The van der Waals surface area contributed by atoms with E-state index in [0.29, 0.717) is 5.25 Å². The summed E-state index contributed by atoms with van der Waals surface area (Å²) in [7, 11) is 0. The first kappa shape index (κ1) is 16.1. The largest absolute Gasteiger partial charge is 0.329 e. The van der Waals surface area contributed by atoms with Crippen molar-refractivity contribution >= 4 is 11.8 Å². The average Bonchev–Trinajstić information content (AvgIpc) is 2.56. The fraction of sp³-hybridized carbons (Fsp3) is 0.333. The Morgan fingerprint density at radius 1 is 0.905 bits per heavy atom. The minimum atomic E-state index is 0.522. The van der Waals surface area contributed by atoms with Gasteiger partial charge in [-0.05, 0) is 24.1 Å². The van der Waals surface area contributed by atoms with Crippen LogP contribution >= 0.6 is 11.8 Å². The van der Waals surface area contributed by atoms with Gasteiger partial charge < -0.3 is 11.1 Å². The first-order valence-corrected chi connectivity index (χ1v) is 8.53. The van der Waals surface area contributed by atoms with Crippen molar-refractivity contribution < 1.29 is 0 Å². The highest BCUT2D eigenvalue weighted by Crippen LogP contribution is 2.19. The molecule has 1 unspecified atom stereocenters. The van der Waals surface area contributed by atoms with Gasteiger partial charge in [-0.25, -0.2) is 0 Å². The van der Waals surface area contributed by atoms with Gasteiger partial charge in [0.2, 0.25) is 0 Å². The third kappa shape index (κ3) is 6.34. The molecule has 0 aliphatic heterocycles. The number of thioether (sulfide) groups is 1. The van der Waals surface area contributed by atoms with Crippen molar-refractivity contribution in [2.24, 2.45) is 5.73 Å². The van der Waals surface area contributed by atoms with Gasteiger partial charge >= 0.3 is 0 Å². The highest BCUT2D eigenvalue weighted by Gasteiger charge is 2.07. The van der Waals surface area contributed by atoms with Crippen LogP contribution in [-0.4, -0.2) is 18.3 Å². The Bertz CT molecular complexity index is 487. The van der Waals surface area contributed by atoms with E-state index in [-0.39, 0.29) is 0 Å². The van der Waals surface area contributed by atoms with Gasteiger partial charge in [-0.2, -0.15) is 11.8 Å². The van der Waals surface area contributed by atoms with Crippen molar-refractivity contribution in [1.29, 1.82) is 0 Å². The molecule has 21 heavy (non-hydrogen) atoms. The summed E-state index contributed by atoms with van der Waals surface area (Å²) < 4.78 is 0. The molecule has 0 aliphatic carbocycles. The van der Waals surface area contributed by atoms with E-state index < -0.39 is 0 Å². The molecule has 0 spiro atoms. The standard InChI is InChI=1S/C18H24N2S/c19-13-18(21-15-17-9-5-2-6-10-17)11-12-20-14-16-7-3-1-4-8-16/h1-10,18,20H,11-15,19H2. The highest BCUT2D eigenvalue weighted by atomic mass is 32.2. The molecular formula is C18H24N2S. The maximum Gasteiger partial charge on any atom is 0.0205 e. The van der Waals surface area contributed by atoms with E-state index in [0.717, 1.165) is 31.8 Å². The highest BCUT2D eigenvalue weighted by molar-refractivity contribution is 7.99. The molecule has 0 radical (unpaired) electrons. The lowest BCUT2D eigenvalue weighted by Crippen LogP contribution is -2.24. The number of hydrogen-bond acceptors (Lipinski definition) is 3. The summed E-state index contributed by atoms with van der Waals surface area (Å²) in [6, 6.07) is 21.1. The molecule has 2 aromatic carbocycles. The summed E-state index contributed by atoms with van der Waals surface area (Å²) in [5.41, 5.74) is 8.59. The minimum absolute atomic E-state index is 0.522. The van der Waals surface area contributed by atoms with Gasteiger partial charge in [-0.3, -0.25) is 0 Å². The van der Waals surface area contributed by atoms with Crippen LogP contribution in [0.5, 0.6) is 0 Å². The number of rotatable bonds is 9. The number of nitrogens with two attached hydrogens (primary N) is 1. The smallest absolute Gasteiger partial charge is 0.0205 e. The molecule has 0 bridgehead atoms. The number of hydrogen-bond donors (Lipinski definition) is 2. The Morgan fingerprint density at radius 2 is 1.52 bits per heavy atom. The van der Waals surface area contributed by atoms with Gasteiger partial charge in [-0.1, -0.05) is 60.7 Å². The first-order valence-electron chi connectivity index (χ1n) is 7.48. The van der Waals surface area contributed by atoms with Crippen LogP contribution in [0.4, 0.5) is 0 Å². The Hall–Kier alpha value is -1.29. The summed E-state index contributed by atoms with van der Waals surface area (Å²) in [6.45, 7) is 2.69. The number of nitrogens with one attached hydrogen (secondary N) is 1. The molecule has 2 rings (SSSR count). The van der Waals surface area contributed by atoms with Crippen molar-refractivity contribution in [3.8, 4) is 0 Å². The Balaban J connectivity index is 1.63. The van der Waals surface area contributed by atoms with Gasteiger partial charge in [0.25, 0.3) is 0 Å². The monoisotopic (exact) mass is 300 g/mol. The maximum absolute atomic E-state index is 5.88. The lowest BCUT2D eigenvalue weighted by Gasteiger charge is -2.15. The first-order chi connectivity index (χ1) is 10.4. The zero-order valence-corrected chi connectivity index (χ0v) is 13.2. The van der Waals surface area contributed by atoms with Crippen LogP contribution < -0.4 is 11.1 Å². The zero-order valence-electron chi connectivity index (χ0n) is 12.4. The summed E-state index contributed by atoms with van der Waals surface area (Å²) in [4.78, 5) is 0. The van der Waals surface area contributed by atoms with Crippen LogP contribution in [0.2, 0.25) is 0 Å². The molecule has 1 atom stereocenters. The van der Waals surface area contributed by atoms with Gasteiger partial charge in [0.15, 0.2) is 0 Å². The third-order valence-corrected chi connectivity index (χ3v) is 4.81. The van der Waals surface area contributed by atoms with E-state index >= 15 is 0 Å². The Kier molecular flexibility index (Phi) is 7.36. The van der Waals surface area contributed by atoms with E-state index in [1.165, 1.54) is 11.1 Å². The van der Waals surface area contributed by atoms with Gasteiger partial charge in [0.05, 0.1) is 0 Å². The fourth-order valence-corrected chi connectivity index (χ4v) is 3.19. The second-order valence-corrected chi connectivity index (χ2v) is 6.39. The normalized spacial score (nSPS) is 12.2. The second-order valence-electron chi connectivity index (χ2n) is 5.11. The summed E-state index contributed by atoms with van der Waals surface area (Å²) in [6.07, 6.45) is 1.11. The molecule has 2 aromatic rings. The maximum atomic E-state index is 5.88. The van der Waals surface area contributed by atoms with E-state index in [4.69, 9.17) is 5.73 Å². The lowest BCUT2D eigenvalue weighted by molar-refractivity contribution is 0.635. The summed E-state index contributed by atoms with van der Waals surface area (Å²) in [5, 5.41) is 4.02. The summed E-state index contributed by atoms with van der Waals surface area (Å²) >= 11 is 1.96. The van der Waals surface area contributed by atoms with Crippen LogP contribution in [-0.2, 0) is 12.3 Å². The molecule has 2 nitrogen and oxygen atoms in total. The predicted molar refractivity (Wildman–Crippen MR) is 93.3 cm³/mol. The molecule has 0 saturated carbocycles. The van der Waals surface area contributed by atoms with Gasteiger partial charge in [-0.15, -0.1) is 0 Å². The Morgan fingerprint density at radius 3 is 2.14 bits per heavy atom. The van der Waals surface area contributed by atoms with Crippen molar-refractivity contribution in [3.05, 3.63) is 71.8 Å². The van der Waals surface area contributed by atoms with Crippen LogP contribution in [0.3, 0.4) is 0 Å². The van der Waals surface area contributed by atoms with Crippen LogP contribution in [0.1, 0.15) is 17.5 Å². The average molecular weight is 300 g/mol. The SMILES string of the molecule is NCC(CCNCc1ccccc1)SCc1ccccc1. The van der Waals surface area contributed by atoms with Crippen LogP contribution in [0, 0.1) is 0 Å². The molecule has 0 fully saturated rings. The second kappa shape index (κ2) is 9.61.